The van der Waals surface area contributed by atoms with Gasteiger partial charge in [-0.15, -0.1) is 0 Å². The van der Waals surface area contributed by atoms with E-state index < -0.39 is 0 Å². The predicted molar refractivity (Wildman–Crippen MR) is 102 cm³/mol. The van der Waals surface area contributed by atoms with Crippen LogP contribution in [0.2, 0.25) is 5.02 Å². The molecule has 0 amide bonds. The topological polar surface area (TPSA) is 19.0 Å². The lowest BCUT2D eigenvalue weighted by Crippen LogP contribution is -2.32. The fourth-order valence-corrected chi connectivity index (χ4v) is 4.18. The summed E-state index contributed by atoms with van der Waals surface area (Å²) in [6.45, 7) is 3.43. The van der Waals surface area contributed by atoms with Crippen LogP contribution in [-0.2, 0) is 6.42 Å². The van der Waals surface area contributed by atoms with Crippen molar-refractivity contribution in [1.29, 1.82) is 0 Å². The first-order valence-corrected chi connectivity index (χ1v) is 9.06. The summed E-state index contributed by atoms with van der Waals surface area (Å²) in [5.74, 6) is 0.527. The van der Waals surface area contributed by atoms with Gasteiger partial charge in [-0.25, -0.2) is 0 Å². The quantitative estimate of drug-likeness (QED) is 0.664. The fourth-order valence-electron chi connectivity index (χ4n) is 4.01. The molecular weight excluding hydrogens is 316 g/mol. The minimum absolute atomic E-state index is 0.426. The number of nitrogens with zero attached hydrogens (tertiary/aromatic N) is 1. The highest BCUT2D eigenvalue weighted by molar-refractivity contribution is 6.31. The Balaban J connectivity index is 1.70. The Bertz CT molecular complexity index is 853. The number of rotatable bonds is 3. The van der Waals surface area contributed by atoms with Gasteiger partial charge < -0.3 is 4.98 Å². The van der Waals surface area contributed by atoms with Crippen LogP contribution >= 0.6 is 11.6 Å². The van der Waals surface area contributed by atoms with E-state index in [1.807, 2.05) is 6.07 Å². The molecule has 24 heavy (non-hydrogen) atoms. The fraction of sp³-hybridized carbons (Fsp3) is 0.333. The van der Waals surface area contributed by atoms with Crippen molar-refractivity contribution in [1.82, 2.24) is 9.88 Å². The Morgan fingerprint density at radius 3 is 2.79 bits per heavy atom. The largest absolute Gasteiger partial charge is 0.357 e. The molecule has 0 radical (unpaired) electrons. The highest BCUT2D eigenvalue weighted by Crippen LogP contribution is 2.39. The number of hydrogen-bond acceptors (Lipinski definition) is 1. The minimum atomic E-state index is 0.426. The number of halogens is 1. The van der Waals surface area contributed by atoms with E-state index in [1.165, 1.54) is 27.7 Å². The van der Waals surface area contributed by atoms with Crippen LogP contribution in [0.15, 0.2) is 48.5 Å². The molecule has 0 aliphatic carbocycles. The number of aromatic nitrogens is 1. The van der Waals surface area contributed by atoms with Gasteiger partial charge in [-0.1, -0.05) is 48.9 Å². The summed E-state index contributed by atoms with van der Waals surface area (Å²) in [5.41, 5.74) is 5.45. The van der Waals surface area contributed by atoms with Crippen molar-refractivity contribution in [3.63, 3.8) is 0 Å². The number of hydrogen-bond donors (Lipinski definition) is 1. The lowest BCUT2D eigenvalue weighted by atomic mass is 9.88. The average molecular weight is 339 g/mol. The summed E-state index contributed by atoms with van der Waals surface area (Å²) in [6.07, 6.45) is 2.20. The minimum Gasteiger partial charge on any atom is -0.357 e. The third-order valence-electron chi connectivity index (χ3n) is 5.43. The molecule has 1 aliphatic heterocycles. The molecular formula is C21H23ClN2. The van der Waals surface area contributed by atoms with Gasteiger partial charge in [0.2, 0.25) is 0 Å². The van der Waals surface area contributed by atoms with Crippen molar-refractivity contribution < 1.29 is 0 Å². The van der Waals surface area contributed by atoms with Gasteiger partial charge in [-0.3, -0.25) is 4.90 Å². The van der Waals surface area contributed by atoms with Crippen molar-refractivity contribution in [3.05, 3.63) is 70.4 Å². The Kier molecular flexibility index (Phi) is 4.11. The zero-order valence-electron chi connectivity index (χ0n) is 14.2. The SMILES string of the molecule is CC(CC1c2[nH]c3ccc(Cl)cc3c2CCN1C)c1ccccc1. The van der Waals surface area contributed by atoms with Crippen molar-refractivity contribution >= 4 is 22.5 Å². The number of H-pyrrole nitrogens is 1. The van der Waals surface area contributed by atoms with Gasteiger partial charge in [-0.05, 0) is 55.1 Å². The lowest BCUT2D eigenvalue weighted by Gasteiger charge is -2.34. The van der Waals surface area contributed by atoms with Crippen LogP contribution in [0.4, 0.5) is 0 Å². The van der Waals surface area contributed by atoms with Crippen molar-refractivity contribution in [2.45, 2.75) is 31.7 Å². The van der Waals surface area contributed by atoms with Crippen molar-refractivity contribution in [2.75, 3.05) is 13.6 Å². The Hall–Kier alpha value is -1.77. The number of fused-ring (bicyclic) bond motifs is 3. The van der Waals surface area contributed by atoms with E-state index in [-0.39, 0.29) is 0 Å². The van der Waals surface area contributed by atoms with Gasteiger partial charge >= 0.3 is 0 Å². The maximum absolute atomic E-state index is 6.22. The third kappa shape index (κ3) is 2.74. The molecule has 0 fully saturated rings. The molecule has 2 nitrogen and oxygen atoms in total. The summed E-state index contributed by atoms with van der Waals surface area (Å²) < 4.78 is 0. The summed E-state index contributed by atoms with van der Waals surface area (Å²) in [4.78, 5) is 6.17. The van der Waals surface area contributed by atoms with E-state index in [1.54, 1.807) is 0 Å². The van der Waals surface area contributed by atoms with E-state index in [0.717, 1.165) is 24.4 Å². The van der Waals surface area contributed by atoms with Gasteiger partial charge in [0.25, 0.3) is 0 Å². The maximum atomic E-state index is 6.22. The highest BCUT2D eigenvalue weighted by atomic mass is 35.5. The van der Waals surface area contributed by atoms with E-state index in [9.17, 15) is 0 Å². The normalized spacial score (nSPS) is 19.4. The summed E-state index contributed by atoms with van der Waals surface area (Å²) in [5, 5.41) is 2.11. The smallest absolute Gasteiger partial charge is 0.0504 e. The molecule has 0 bridgehead atoms. The first-order valence-electron chi connectivity index (χ1n) is 8.68. The molecule has 1 N–H and O–H groups in total. The molecule has 2 heterocycles. The molecule has 2 aromatic carbocycles. The van der Waals surface area contributed by atoms with Crippen LogP contribution in [0.1, 0.15) is 42.1 Å². The van der Waals surface area contributed by atoms with E-state index in [0.29, 0.717) is 12.0 Å². The summed E-state index contributed by atoms with van der Waals surface area (Å²) >= 11 is 6.22. The highest BCUT2D eigenvalue weighted by Gasteiger charge is 2.29. The molecule has 3 aromatic rings. The average Bonchev–Trinajstić information content (AvgIpc) is 2.96. The number of aromatic amines is 1. The lowest BCUT2D eigenvalue weighted by molar-refractivity contribution is 0.208. The number of nitrogens with one attached hydrogen (secondary N) is 1. The van der Waals surface area contributed by atoms with Gasteiger partial charge in [0.1, 0.15) is 0 Å². The first-order chi connectivity index (χ1) is 11.6. The Morgan fingerprint density at radius 1 is 1.21 bits per heavy atom. The molecule has 1 aliphatic rings. The molecule has 0 saturated carbocycles. The second-order valence-electron chi connectivity index (χ2n) is 7.00. The third-order valence-corrected chi connectivity index (χ3v) is 5.66. The molecule has 1 aromatic heterocycles. The second kappa shape index (κ2) is 6.27. The van der Waals surface area contributed by atoms with Crippen LogP contribution < -0.4 is 0 Å². The summed E-state index contributed by atoms with van der Waals surface area (Å²) in [6, 6.07) is 17.4. The van der Waals surface area contributed by atoms with E-state index in [4.69, 9.17) is 11.6 Å². The Morgan fingerprint density at radius 2 is 2.00 bits per heavy atom. The standard InChI is InChI=1S/C21H23ClN2/c1-14(15-6-4-3-5-7-15)12-20-21-17(10-11-24(20)2)18-13-16(22)8-9-19(18)23-21/h3-9,13-14,20,23H,10-12H2,1-2H3. The van der Waals surface area contributed by atoms with Crippen LogP contribution in [-0.4, -0.2) is 23.5 Å². The Labute approximate surface area is 148 Å². The van der Waals surface area contributed by atoms with Crippen LogP contribution in [0.5, 0.6) is 0 Å². The van der Waals surface area contributed by atoms with Gasteiger partial charge in [0, 0.05) is 28.2 Å². The zero-order valence-corrected chi connectivity index (χ0v) is 15.0. The number of likely N-dealkylation sites (N-methyl/N-ethyl adjacent to an activating group) is 1. The molecule has 0 spiro atoms. The first kappa shape index (κ1) is 15.7. The molecule has 2 atom stereocenters. The van der Waals surface area contributed by atoms with Crippen LogP contribution in [0.3, 0.4) is 0 Å². The van der Waals surface area contributed by atoms with Crippen LogP contribution in [0, 0.1) is 0 Å². The van der Waals surface area contributed by atoms with E-state index in [2.05, 4.69) is 66.3 Å². The van der Waals surface area contributed by atoms with Gasteiger partial charge in [0.05, 0.1) is 6.04 Å². The summed E-state index contributed by atoms with van der Waals surface area (Å²) in [7, 11) is 2.24. The zero-order chi connectivity index (χ0) is 16.7. The van der Waals surface area contributed by atoms with Gasteiger partial charge in [-0.2, -0.15) is 0 Å². The monoisotopic (exact) mass is 338 g/mol. The molecule has 0 saturated heterocycles. The number of benzene rings is 2. The van der Waals surface area contributed by atoms with Crippen molar-refractivity contribution in [2.24, 2.45) is 0 Å². The molecule has 4 rings (SSSR count). The van der Waals surface area contributed by atoms with E-state index >= 15 is 0 Å². The molecule has 2 unspecified atom stereocenters. The second-order valence-corrected chi connectivity index (χ2v) is 7.44. The van der Waals surface area contributed by atoms with Crippen LogP contribution in [0.25, 0.3) is 10.9 Å². The van der Waals surface area contributed by atoms with Gasteiger partial charge in [0.15, 0.2) is 0 Å². The predicted octanol–water partition coefficient (Wildman–Crippen LogP) is 5.54. The molecule has 3 heteroatoms. The van der Waals surface area contributed by atoms with Crippen molar-refractivity contribution in [3.8, 4) is 0 Å². The molecule has 124 valence electrons. The maximum Gasteiger partial charge on any atom is 0.0504 e.